The largest absolute Gasteiger partial charge is 0.497 e. The van der Waals surface area contributed by atoms with E-state index in [9.17, 15) is 0 Å². The van der Waals surface area contributed by atoms with Crippen LogP contribution in [0.5, 0.6) is 11.5 Å². The van der Waals surface area contributed by atoms with Gasteiger partial charge in [-0.25, -0.2) is 0 Å². The first-order valence-electron chi connectivity index (χ1n) is 10.2. The maximum absolute atomic E-state index is 5.40. The van der Waals surface area contributed by atoms with Crippen LogP contribution in [-0.4, -0.2) is 34.6 Å². The minimum Gasteiger partial charge on any atom is -0.497 e. The lowest BCUT2D eigenvalue weighted by molar-refractivity contribution is 0.390. The molecular weight excluding hydrogens is 424 g/mol. The van der Waals surface area contributed by atoms with Gasteiger partial charge in [-0.1, -0.05) is 55.0 Å². The van der Waals surface area contributed by atoms with Gasteiger partial charge >= 0.3 is 0 Å². The molecule has 2 aromatic heterocycles. The Kier molecular flexibility index (Phi) is 6.70. The summed E-state index contributed by atoms with van der Waals surface area (Å²) in [6, 6.07) is 17.8. The lowest BCUT2D eigenvalue weighted by Gasteiger charge is -2.06. The average molecular weight is 449 g/mol. The summed E-state index contributed by atoms with van der Waals surface area (Å²) in [5, 5.41) is 13.6. The molecule has 0 unspecified atom stereocenters. The average Bonchev–Trinajstić information content (AvgIpc) is 3.32. The van der Waals surface area contributed by atoms with E-state index in [-0.39, 0.29) is 0 Å². The molecule has 0 amide bonds. The minimum absolute atomic E-state index is 0.476. The summed E-state index contributed by atoms with van der Waals surface area (Å²) in [6.07, 6.45) is 0. The van der Waals surface area contributed by atoms with E-state index >= 15 is 0 Å². The van der Waals surface area contributed by atoms with Crippen molar-refractivity contribution in [2.24, 2.45) is 0 Å². The van der Waals surface area contributed by atoms with E-state index in [1.54, 1.807) is 20.3 Å². The summed E-state index contributed by atoms with van der Waals surface area (Å²) in [5.74, 6) is 3.30. The molecule has 0 radical (unpaired) electrons. The molecule has 0 aliphatic carbocycles. The summed E-state index contributed by atoms with van der Waals surface area (Å²) < 4.78 is 16.0. The van der Waals surface area contributed by atoms with E-state index in [0.717, 1.165) is 21.8 Å². The van der Waals surface area contributed by atoms with Crippen molar-refractivity contribution in [1.82, 2.24) is 20.3 Å². The minimum atomic E-state index is 0.476. The van der Waals surface area contributed by atoms with Gasteiger partial charge in [0.1, 0.15) is 16.5 Å². The Bertz CT molecular complexity index is 1150. The van der Waals surface area contributed by atoms with E-state index in [2.05, 4.69) is 58.5 Å². The standard InChI is InChI=1S/C24H24N4O3S/c1-15(2)16-5-7-17(8-6-16)21-9-10-23(27-26-21)32-14-22-25-24(28-31-22)18-11-19(29-3)13-20(12-18)30-4/h5-13,15H,14H2,1-4H3. The number of hydrogen-bond donors (Lipinski definition) is 0. The van der Waals surface area contributed by atoms with Gasteiger partial charge in [-0.05, 0) is 35.7 Å². The summed E-state index contributed by atoms with van der Waals surface area (Å²) >= 11 is 1.49. The third kappa shape index (κ3) is 5.08. The van der Waals surface area contributed by atoms with Crippen LogP contribution in [0.25, 0.3) is 22.6 Å². The topological polar surface area (TPSA) is 83.2 Å². The van der Waals surface area contributed by atoms with Gasteiger partial charge in [-0.2, -0.15) is 4.98 Å². The zero-order valence-electron chi connectivity index (χ0n) is 18.4. The zero-order chi connectivity index (χ0) is 22.5. The summed E-state index contributed by atoms with van der Waals surface area (Å²) in [6.45, 7) is 4.36. The smallest absolute Gasteiger partial charge is 0.237 e. The molecule has 0 aliphatic rings. The molecule has 0 saturated carbocycles. The van der Waals surface area contributed by atoms with Crippen molar-refractivity contribution in [1.29, 1.82) is 0 Å². The highest BCUT2D eigenvalue weighted by Crippen LogP contribution is 2.29. The molecule has 0 N–H and O–H groups in total. The highest BCUT2D eigenvalue weighted by atomic mass is 32.2. The molecule has 0 fully saturated rings. The van der Waals surface area contributed by atoms with Crippen LogP contribution < -0.4 is 9.47 Å². The molecule has 4 rings (SSSR count). The van der Waals surface area contributed by atoms with Crippen LogP contribution in [0.3, 0.4) is 0 Å². The van der Waals surface area contributed by atoms with Crippen LogP contribution in [0, 0.1) is 0 Å². The van der Waals surface area contributed by atoms with Gasteiger partial charge in [0.2, 0.25) is 11.7 Å². The van der Waals surface area contributed by atoms with Gasteiger partial charge in [0.25, 0.3) is 0 Å². The zero-order valence-corrected chi connectivity index (χ0v) is 19.2. The summed E-state index contributed by atoms with van der Waals surface area (Å²) in [4.78, 5) is 4.48. The highest BCUT2D eigenvalue weighted by molar-refractivity contribution is 7.98. The van der Waals surface area contributed by atoms with Gasteiger partial charge in [0.15, 0.2) is 0 Å². The van der Waals surface area contributed by atoms with Crippen molar-refractivity contribution >= 4 is 11.8 Å². The van der Waals surface area contributed by atoms with Gasteiger partial charge in [0.05, 0.1) is 25.7 Å². The molecule has 7 nitrogen and oxygen atoms in total. The summed E-state index contributed by atoms with van der Waals surface area (Å²) in [5.41, 5.74) is 3.96. The number of nitrogens with zero attached hydrogens (tertiary/aromatic N) is 4. The van der Waals surface area contributed by atoms with Crippen LogP contribution >= 0.6 is 11.8 Å². The van der Waals surface area contributed by atoms with E-state index < -0.39 is 0 Å². The maximum Gasteiger partial charge on any atom is 0.237 e. The molecule has 2 heterocycles. The number of thioether (sulfide) groups is 1. The van der Waals surface area contributed by atoms with Crippen molar-refractivity contribution in [2.75, 3.05) is 14.2 Å². The fourth-order valence-electron chi connectivity index (χ4n) is 3.09. The molecule has 4 aromatic rings. The molecular formula is C24H24N4O3S. The molecule has 0 saturated heterocycles. The van der Waals surface area contributed by atoms with Crippen molar-refractivity contribution in [2.45, 2.75) is 30.5 Å². The van der Waals surface area contributed by atoms with Gasteiger partial charge < -0.3 is 14.0 Å². The Morgan fingerprint density at radius 1 is 0.875 bits per heavy atom. The van der Waals surface area contributed by atoms with E-state index in [0.29, 0.717) is 34.9 Å². The van der Waals surface area contributed by atoms with Crippen LogP contribution in [-0.2, 0) is 5.75 Å². The van der Waals surface area contributed by atoms with E-state index in [1.807, 2.05) is 24.3 Å². The number of benzene rings is 2. The molecule has 8 heteroatoms. The normalized spacial score (nSPS) is 11.0. The first kappa shape index (κ1) is 21.8. The van der Waals surface area contributed by atoms with Crippen LogP contribution in [0.2, 0.25) is 0 Å². The molecule has 164 valence electrons. The molecule has 0 atom stereocenters. The third-order valence-electron chi connectivity index (χ3n) is 4.93. The predicted molar refractivity (Wildman–Crippen MR) is 124 cm³/mol. The fraction of sp³-hybridized carbons (Fsp3) is 0.250. The van der Waals surface area contributed by atoms with Crippen LogP contribution in [0.1, 0.15) is 31.2 Å². The lowest BCUT2D eigenvalue weighted by Crippen LogP contribution is -1.92. The first-order chi connectivity index (χ1) is 15.6. The van der Waals surface area contributed by atoms with Crippen molar-refractivity contribution in [3.63, 3.8) is 0 Å². The van der Waals surface area contributed by atoms with Gasteiger partial charge in [-0.15, -0.1) is 10.2 Å². The molecule has 2 aromatic carbocycles. The predicted octanol–water partition coefficient (Wildman–Crippen LogP) is 5.63. The van der Waals surface area contributed by atoms with Gasteiger partial charge in [0, 0.05) is 17.2 Å². The van der Waals surface area contributed by atoms with Gasteiger partial charge in [-0.3, -0.25) is 0 Å². The van der Waals surface area contributed by atoms with Crippen molar-refractivity contribution in [3.05, 3.63) is 66.1 Å². The fourth-order valence-corrected chi connectivity index (χ4v) is 3.74. The second kappa shape index (κ2) is 9.82. The number of ether oxygens (including phenoxy) is 2. The quantitative estimate of drug-likeness (QED) is 0.321. The highest BCUT2D eigenvalue weighted by Gasteiger charge is 2.12. The van der Waals surface area contributed by atoms with E-state index in [1.165, 1.54) is 17.3 Å². The Balaban J connectivity index is 1.41. The monoisotopic (exact) mass is 448 g/mol. The SMILES string of the molecule is COc1cc(OC)cc(-c2noc(CSc3ccc(-c4ccc(C(C)C)cc4)nn3)n2)c1. The number of hydrogen-bond acceptors (Lipinski definition) is 8. The van der Waals surface area contributed by atoms with Crippen molar-refractivity contribution < 1.29 is 14.0 Å². The molecule has 0 aliphatic heterocycles. The molecule has 0 bridgehead atoms. The number of methoxy groups -OCH3 is 2. The second-order valence-corrected chi connectivity index (χ2v) is 8.43. The maximum atomic E-state index is 5.40. The Morgan fingerprint density at radius 2 is 1.59 bits per heavy atom. The third-order valence-corrected chi connectivity index (χ3v) is 5.84. The summed E-state index contributed by atoms with van der Waals surface area (Å²) in [7, 11) is 3.20. The van der Waals surface area contributed by atoms with Crippen LogP contribution in [0.4, 0.5) is 0 Å². The lowest BCUT2D eigenvalue weighted by atomic mass is 10.0. The van der Waals surface area contributed by atoms with Crippen molar-refractivity contribution in [3.8, 4) is 34.1 Å². The second-order valence-electron chi connectivity index (χ2n) is 7.44. The Morgan fingerprint density at radius 3 is 2.19 bits per heavy atom. The number of rotatable bonds is 8. The molecule has 32 heavy (non-hydrogen) atoms. The van der Waals surface area contributed by atoms with Crippen LogP contribution in [0.15, 0.2) is 64.1 Å². The number of aromatic nitrogens is 4. The Labute approximate surface area is 191 Å². The van der Waals surface area contributed by atoms with E-state index in [4.69, 9.17) is 14.0 Å². The first-order valence-corrected chi connectivity index (χ1v) is 11.2. The molecule has 0 spiro atoms. The Hall–Kier alpha value is -3.39.